The minimum atomic E-state index is -4.42. The van der Waals surface area contributed by atoms with Crippen LogP contribution in [0.2, 0.25) is 0 Å². The van der Waals surface area contributed by atoms with Crippen LogP contribution in [0.25, 0.3) is 10.1 Å². The number of aromatic nitrogens is 1. The fraction of sp³-hybridized carbons (Fsp3) is 0.571. The Kier molecular flexibility index (Phi) is 14.9. The molecule has 6 rings (SSSR count). The molecular weight excluding hydrogens is 854 g/mol. The number of fused-ring (bicyclic) bond motifs is 2. The topological polar surface area (TPSA) is 159 Å². The maximum Gasteiger partial charge on any atom is 0.369 e. The van der Waals surface area contributed by atoms with Crippen molar-refractivity contribution in [1.82, 2.24) is 20.1 Å². The Bertz CT molecular complexity index is 2140. The first-order chi connectivity index (χ1) is 28.3. The summed E-state index contributed by atoms with van der Waals surface area (Å²) in [4.78, 5) is 49.1. The maximum atomic E-state index is 16.4. The molecule has 2 aromatic heterocycles. The molecule has 3 N–H and O–H groups in total. The van der Waals surface area contributed by atoms with Crippen LogP contribution in [-0.2, 0) is 23.2 Å². The standard InChI is InChI=1S/C42H57F2N4O8PS3/c1-41(2,3)39(52)58-18-16-55-57(54,56-17-19-59-40(53)42(4,5)6)35(44)25-10-13-33-26(20-25)21-34(60-33)36(49)46-31-9-7-8-28-11-12-32(48(28)37(31)50)38(51)47-23-27(24-47)29-22-45-15-14-30(29)43/h10,13-15,20-22,27-28,31-32,35,52-53,58-59H,7-9,11-12,16-19,23-24H2,1-6H3,(H,46,49)/t28-,31-,32-,35?/m0/s1. The number of carbonyl (C=O) groups excluding carboxylic acids is 3. The van der Waals surface area contributed by atoms with E-state index in [1.807, 2.05) is 41.5 Å². The Labute approximate surface area is 361 Å². The first-order valence-electron chi connectivity index (χ1n) is 20.3. The molecule has 3 amide bonds. The summed E-state index contributed by atoms with van der Waals surface area (Å²) in [7, 11) is -4.42. The molecule has 3 aliphatic heterocycles. The number of halogens is 2. The number of amides is 3. The van der Waals surface area contributed by atoms with Gasteiger partial charge in [0.15, 0.2) is 0 Å². The number of nitrogens with one attached hydrogen (secondary N) is 1. The second-order valence-corrected chi connectivity index (χ2v) is 23.2. The van der Waals surface area contributed by atoms with Crippen molar-refractivity contribution in [3.63, 3.8) is 0 Å². The number of thiophene rings is 1. The Morgan fingerprint density at radius 1 is 0.983 bits per heavy atom. The average Bonchev–Trinajstić information content (AvgIpc) is 3.77. The SMILES string of the molecule is CC(C)(C)C(O)=[SH]CCOP(=O)(OCC[SH]=C(O)C(C)(C)C)C(F)c1ccc2sc(C(=O)N[C@H]3CCC[C@H]4CC[C@@H](C(=O)N5CC(c6cnccc6F)C5)N4C3=O)cc2c1. The van der Waals surface area contributed by atoms with Gasteiger partial charge in [0.2, 0.25) is 17.7 Å². The van der Waals surface area contributed by atoms with Gasteiger partial charge >= 0.3 is 7.60 Å². The minimum absolute atomic E-state index is 0.0349. The highest BCUT2D eigenvalue weighted by molar-refractivity contribution is 7.98. The predicted molar refractivity (Wildman–Crippen MR) is 239 cm³/mol. The molecule has 1 unspecified atom stereocenters. The molecule has 0 bridgehead atoms. The number of hydrogen-bond acceptors (Lipinski definition) is 8. The normalized spacial score (nSPS) is 22.6. The molecule has 5 heterocycles. The lowest BCUT2D eigenvalue weighted by Gasteiger charge is -2.42. The van der Waals surface area contributed by atoms with E-state index in [1.165, 1.54) is 41.9 Å². The highest BCUT2D eigenvalue weighted by Crippen LogP contribution is 2.62. The molecule has 0 spiro atoms. The number of rotatable bonds is 14. The number of thiol groups is 2. The van der Waals surface area contributed by atoms with Crippen molar-refractivity contribution in [2.45, 2.75) is 104 Å². The molecular formula is C42H57F2N4O8PS3. The summed E-state index contributed by atoms with van der Waals surface area (Å²) in [5.74, 6) is -3.09. The fourth-order valence-electron chi connectivity index (χ4n) is 7.51. The van der Waals surface area contributed by atoms with E-state index >= 15 is 4.39 Å². The summed E-state index contributed by atoms with van der Waals surface area (Å²) in [6.45, 7) is 11.6. The summed E-state index contributed by atoms with van der Waals surface area (Å²) in [5.41, 5.74) is -0.414. The largest absolute Gasteiger partial charge is 0.369 e. The van der Waals surface area contributed by atoms with Crippen LogP contribution in [-0.4, -0.2) is 109 Å². The van der Waals surface area contributed by atoms with E-state index in [-0.39, 0.29) is 70.0 Å². The number of benzene rings is 1. The summed E-state index contributed by atoms with van der Waals surface area (Å²) in [5, 5.41) is 24.6. The first-order valence-corrected chi connectivity index (χ1v) is 24.9. The zero-order valence-electron chi connectivity index (χ0n) is 34.9. The van der Waals surface area contributed by atoms with Gasteiger partial charge in [0.25, 0.3) is 5.91 Å². The van der Waals surface area contributed by atoms with Crippen LogP contribution in [0, 0.1) is 16.6 Å². The number of pyridine rings is 1. The van der Waals surface area contributed by atoms with E-state index in [2.05, 4.69) is 10.3 Å². The van der Waals surface area contributed by atoms with Gasteiger partial charge in [-0.3, -0.25) is 23.9 Å². The highest BCUT2D eigenvalue weighted by atomic mass is 32.1. The van der Waals surface area contributed by atoms with Gasteiger partial charge in [0, 0.05) is 70.0 Å². The van der Waals surface area contributed by atoms with E-state index < -0.39 is 42.3 Å². The Hall–Kier alpha value is -2.89. The van der Waals surface area contributed by atoms with Crippen LogP contribution in [0.5, 0.6) is 0 Å². The number of aliphatic hydroxyl groups excluding tert-OH is 2. The van der Waals surface area contributed by atoms with Gasteiger partial charge < -0.3 is 34.4 Å². The Morgan fingerprint density at radius 2 is 1.63 bits per heavy atom. The average molecular weight is 911 g/mol. The molecule has 3 saturated heterocycles. The van der Waals surface area contributed by atoms with Crippen molar-refractivity contribution in [3.8, 4) is 0 Å². The van der Waals surface area contributed by atoms with Gasteiger partial charge in [-0.2, -0.15) is 22.7 Å². The third-order valence-corrected chi connectivity index (χ3v) is 16.8. The summed E-state index contributed by atoms with van der Waals surface area (Å²) >= 11 is 2.29. The predicted octanol–water partition coefficient (Wildman–Crippen LogP) is 8.30. The van der Waals surface area contributed by atoms with Gasteiger partial charge in [-0.15, -0.1) is 11.3 Å². The first kappa shape index (κ1) is 46.6. The molecule has 0 radical (unpaired) electrons. The third-order valence-electron chi connectivity index (χ3n) is 11.0. The molecule has 330 valence electrons. The summed E-state index contributed by atoms with van der Waals surface area (Å²) < 4.78 is 56.9. The van der Waals surface area contributed by atoms with Gasteiger partial charge in [-0.05, 0) is 67.3 Å². The van der Waals surface area contributed by atoms with E-state index in [1.54, 1.807) is 21.9 Å². The highest BCUT2D eigenvalue weighted by Gasteiger charge is 2.48. The van der Waals surface area contributed by atoms with Crippen molar-refractivity contribution >= 4 is 79.5 Å². The van der Waals surface area contributed by atoms with Crippen LogP contribution in [0.15, 0.2) is 42.7 Å². The lowest BCUT2D eigenvalue weighted by atomic mass is 9.91. The second-order valence-electron chi connectivity index (χ2n) is 17.6. The van der Waals surface area contributed by atoms with Crippen LogP contribution in [0.3, 0.4) is 0 Å². The number of hydrogen-bond donors (Lipinski definition) is 5. The maximum absolute atomic E-state index is 16.4. The molecule has 1 aromatic carbocycles. The van der Waals surface area contributed by atoms with Gasteiger partial charge in [0.05, 0.1) is 28.2 Å². The summed E-state index contributed by atoms with van der Waals surface area (Å²) in [6, 6.07) is 5.93. The van der Waals surface area contributed by atoms with Crippen molar-refractivity contribution in [2.75, 3.05) is 37.8 Å². The molecule has 18 heteroatoms. The van der Waals surface area contributed by atoms with Crippen molar-refractivity contribution < 1.29 is 47.0 Å². The lowest BCUT2D eigenvalue weighted by Crippen LogP contribution is -2.58. The Morgan fingerprint density at radius 3 is 2.25 bits per heavy atom. The van der Waals surface area contributed by atoms with Crippen LogP contribution < -0.4 is 5.32 Å². The molecule has 3 aliphatic rings. The molecule has 0 saturated carbocycles. The quantitative estimate of drug-likeness (QED) is 0.0465. The van der Waals surface area contributed by atoms with Gasteiger partial charge in [0.1, 0.15) is 17.9 Å². The molecule has 4 atom stereocenters. The zero-order chi connectivity index (χ0) is 43.6. The Balaban J connectivity index is 1.12. The van der Waals surface area contributed by atoms with E-state index in [0.29, 0.717) is 88.4 Å². The van der Waals surface area contributed by atoms with Crippen LogP contribution in [0.4, 0.5) is 8.78 Å². The van der Waals surface area contributed by atoms with Gasteiger partial charge in [-0.25, -0.2) is 8.78 Å². The molecule has 60 heavy (non-hydrogen) atoms. The lowest BCUT2D eigenvalue weighted by molar-refractivity contribution is -0.148. The fourth-order valence-corrected chi connectivity index (χ4v) is 12.0. The monoisotopic (exact) mass is 910 g/mol. The van der Waals surface area contributed by atoms with E-state index in [0.717, 1.165) is 0 Å². The number of alkyl halides is 1. The molecule has 0 aliphatic carbocycles. The number of aliphatic hydroxyl groups is 2. The number of nitrogens with zero attached hydrogens (tertiary/aromatic N) is 3. The second kappa shape index (κ2) is 19.2. The third kappa shape index (κ3) is 10.8. The molecule has 12 nitrogen and oxygen atoms in total. The number of likely N-dealkylation sites (tertiary alicyclic amines) is 1. The van der Waals surface area contributed by atoms with Gasteiger partial charge in [-0.1, -0.05) is 47.6 Å². The number of carbonyl (C=O) groups is 3. The van der Waals surface area contributed by atoms with E-state index in [9.17, 15) is 33.6 Å². The van der Waals surface area contributed by atoms with Crippen LogP contribution in [0.1, 0.15) is 106 Å². The van der Waals surface area contributed by atoms with Crippen molar-refractivity contribution in [1.29, 1.82) is 0 Å². The smallest absolute Gasteiger partial charge is 0.359 e. The molecule has 3 fully saturated rings. The minimum Gasteiger partial charge on any atom is -0.359 e. The summed E-state index contributed by atoms with van der Waals surface area (Å²) in [6.07, 6.45) is 5.91. The van der Waals surface area contributed by atoms with Crippen LogP contribution >= 0.6 is 41.6 Å². The van der Waals surface area contributed by atoms with Crippen molar-refractivity contribution in [3.05, 3.63) is 64.5 Å². The molecule has 3 aromatic rings. The van der Waals surface area contributed by atoms with Crippen molar-refractivity contribution in [2.24, 2.45) is 10.8 Å². The zero-order valence-corrected chi connectivity index (χ0v) is 38.4. The van der Waals surface area contributed by atoms with E-state index in [4.69, 9.17) is 9.05 Å².